The molecule has 22 heavy (non-hydrogen) atoms. The van der Waals surface area contributed by atoms with Crippen molar-refractivity contribution in [2.45, 2.75) is 44.6 Å². The first-order chi connectivity index (χ1) is 10.8. The van der Waals surface area contributed by atoms with Gasteiger partial charge in [-0.05, 0) is 57.0 Å². The number of hydrogen-bond acceptors (Lipinski definition) is 5. The van der Waals surface area contributed by atoms with Gasteiger partial charge in [0.2, 0.25) is 5.88 Å². The van der Waals surface area contributed by atoms with Gasteiger partial charge in [-0.3, -0.25) is 0 Å². The third-order valence-electron chi connectivity index (χ3n) is 5.37. The third kappa shape index (κ3) is 3.01. The molecule has 1 aromatic rings. The van der Waals surface area contributed by atoms with E-state index in [2.05, 4.69) is 27.4 Å². The van der Waals surface area contributed by atoms with Crippen LogP contribution in [0.2, 0.25) is 0 Å². The largest absolute Gasteiger partial charge is 0.492 e. The number of fused-ring (bicyclic) bond motifs is 2. The maximum atomic E-state index is 10.1. The number of aromatic hydroxyl groups is 1. The Labute approximate surface area is 136 Å². The zero-order valence-electron chi connectivity index (χ0n) is 13.0. The zero-order valence-corrected chi connectivity index (χ0v) is 13.8. The lowest BCUT2D eigenvalue weighted by Crippen LogP contribution is -2.31. The molecule has 1 saturated heterocycles. The minimum atomic E-state index is 0.239. The molecule has 2 heterocycles. The van der Waals surface area contributed by atoms with Crippen molar-refractivity contribution in [3.63, 3.8) is 0 Å². The van der Waals surface area contributed by atoms with Gasteiger partial charge in [-0.1, -0.05) is 29.9 Å². The van der Waals surface area contributed by atoms with E-state index in [1.165, 1.54) is 45.2 Å². The third-order valence-corrected chi connectivity index (χ3v) is 6.40. The number of likely N-dealkylation sites (tertiary alicyclic amines) is 1. The molecule has 120 valence electrons. The average Bonchev–Trinajstić information content (AvgIpc) is 3.22. The molecule has 0 aromatic carbocycles. The summed E-state index contributed by atoms with van der Waals surface area (Å²) < 4.78 is 0. The Morgan fingerprint density at radius 3 is 2.82 bits per heavy atom. The molecule has 4 nitrogen and oxygen atoms in total. The second kappa shape index (κ2) is 6.20. The van der Waals surface area contributed by atoms with Crippen LogP contribution in [-0.4, -0.2) is 40.7 Å². The summed E-state index contributed by atoms with van der Waals surface area (Å²) in [7, 11) is 0. The summed E-state index contributed by atoms with van der Waals surface area (Å²) in [5.41, 5.74) is 0. The fraction of sp³-hybridized carbons (Fsp3) is 0.706. The Bertz CT molecular complexity index is 550. The second-order valence-corrected chi connectivity index (χ2v) is 8.03. The number of hydrogen-bond donors (Lipinski definition) is 2. The molecule has 0 spiro atoms. The Balaban J connectivity index is 1.33. The number of aromatic nitrogens is 1. The maximum Gasteiger partial charge on any atom is 0.227 e. The highest BCUT2D eigenvalue weighted by molar-refractivity contribution is 7.15. The Kier molecular flexibility index (Phi) is 4.09. The predicted octanol–water partition coefficient (Wildman–Crippen LogP) is 3.25. The lowest BCUT2D eigenvalue weighted by atomic mass is 10.0. The maximum absolute atomic E-state index is 10.1. The number of piperidine rings is 1. The summed E-state index contributed by atoms with van der Waals surface area (Å²) in [4.78, 5) is 7.89. The number of allylic oxidation sites excluding steroid dienone is 1. The lowest BCUT2D eigenvalue weighted by molar-refractivity contribution is 0.231. The van der Waals surface area contributed by atoms with Crippen LogP contribution < -0.4 is 5.32 Å². The molecule has 0 radical (unpaired) electrons. The molecule has 1 aromatic heterocycles. The van der Waals surface area contributed by atoms with Gasteiger partial charge < -0.3 is 15.3 Å². The molecule has 2 bridgehead atoms. The molecule has 0 amide bonds. The number of thiazole rings is 1. The molecule has 1 aliphatic heterocycles. The fourth-order valence-electron chi connectivity index (χ4n) is 4.12. The molecule has 2 aliphatic carbocycles. The molecule has 2 N–H and O–H groups in total. The Hall–Kier alpha value is -1.07. The standard InChI is InChI=1S/C17H25N3OS/c21-16-15(6-9-20-7-2-1-3-8-20)22-17(19-16)18-14-11-12-4-5-13(14)10-12/h4-5,12-14,21H,1-3,6-11H2,(H,18,19). The summed E-state index contributed by atoms with van der Waals surface area (Å²) in [6.07, 6.45) is 12.1. The molecule has 3 atom stereocenters. The van der Waals surface area contributed by atoms with E-state index in [4.69, 9.17) is 0 Å². The van der Waals surface area contributed by atoms with Gasteiger partial charge in [-0.2, -0.15) is 4.98 Å². The normalized spacial score (nSPS) is 31.0. The summed E-state index contributed by atoms with van der Waals surface area (Å²) in [5.74, 6) is 1.66. The smallest absolute Gasteiger partial charge is 0.227 e. The molecule has 5 heteroatoms. The van der Waals surface area contributed by atoms with E-state index >= 15 is 0 Å². The van der Waals surface area contributed by atoms with Crippen LogP contribution in [0.25, 0.3) is 0 Å². The van der Waals surface area contributed by atoms with Crippen LogP contribution in [-0.2, 0) is 6.42 Å². The summed E-state index contributed by atoms with van der Waals surface area (Å²) in [6.45, 7) is 3.47. The minimum Gasteiger partial charge on any atom is -0.492 e. The highest BCUT2D eigenvalue weighted by Gasteiger charge is 2.36. The SMILES string of the molecule is Oc1nc(NC2CC3C=CC2C3)sc1CCN1CCCCC1. The van der Waals surface area contributed by atoms with Crippen LogP contribution in [0.3, 0.4) is 0 Å². The van der Waals surface area contributed by atoms with Gasteiger partial charge in [-0.25, -0.2) is 0 Å². The number of anilines is 1. The van der Waals surface area contributed by atoms with Gasteiger partial charge in [0, 0.05) is 12.6 Å². The van der Waals surface area contributed by atoms with Crippen molar-refractivity contribution in [1.29, 1.82) is 0 Å². The second-order valence-electron chi connectivity index (χ2n) is 6.95. The number of rotatable bonds is 5. The van der Waals surface area contributed by atoms with E-state index in [-0.39, 0.29) is 5.88 Å². The number of nitrogens with zero attached hydrogens (tertiary/aromatic N) is 2. The highest BCUT2D eigenvalue weighted by Crippen LogP contribution is 2.41. The monoisotopic (exact) mass is 319 g/mol. The van der Waals surface area contributed by atoms with E-state index in [1.807, 2.05) is 0 Å². The summed E-state index contributed by atoms with van der Waals surface area (Å²) in [5, 5.41) is 14.5. The van der Waals surface area contributed by atoms with Crippen LogP contribution in [0, 0.1) is 11.8 Å². The lowest BCUT2D eigenvalue weighted by Gasteiger charge is -2.25. The van der Waals surface area contributed by atoms with Crippen LogP contribution in [0.5, 0.6) is 5.88 Å². The summed E-state index contributed by atoms with van der Waals surface area (Å²) in [6, 6.07) is 0.510. The van der Waals surface area contributed by atoms with Crippen molar-refractivity contribution in [1.82, 2.24) is 9.88 Å². The van der Waals surface area contributed by atoms with E-state index in [0.717, 1.165) is 28.9 Å². The molecular formula is C17H25N3OS. The van der Waals surface area contributed by atoms with Crippen molar-refractivity contribution >= 4 is 16.5 Å². The first-order valence-corrected chi connectivity index (χ1v) is 9.45. The first-order valence-electron chi connectivity index (χ1n) is 8.64. The Morgan fingerprint density at radius 1 is 1.23 bits per heavy atom. The molecule has 1 saturated carbocycles. The van der Waals surface area contributed by atoms with Gasteiger partial charge >= 0.3 is 0 Å². The fourth-order valence-corrected chi connectivity index (χ4v) is 5.02. The highest BCUT2D eigenvalue weighted by atomic mass is 32.1. The topological polar surface area (TPSA) is 48.4 Å². The number of nitrogens with one attached hydrogen (secondary N) is 1. The molecular weight excluding hydrogens is 294 g/mol. The van der Waals surface area contributed by atoms with E-state index in [9.17, 15) is 5.11 Å². The molecule has 3 aliphatic rings. The minimum absolute atomic E-state index is 0.239. The molecule has 3 unspecified atom stereocenters. The van der Waals surface area contributed by atoms with Crippen LogP contribution in [0.1, 0.15) is 37.0 Å². The quantitative estimate of drug-likeness (QED) is 0.818. The van der Waals surface area contributed by atoms with E-state index < -0.39 is 0 Å². The Morgan fingerprint density at radius 2 is 2.09 bits per heavy atom. The molecule has 2 fully saturated rings. The van der Waals surface area contributed by atoms with Crippen molar-refractivity contribution in [3.05, 3.63) is 17.0 Å². The zero-order chi connectivity index (χ0) is 14.9. The van der Waals surface area contributed by atoms with Gasteiger partial charge in [0.25, 0.3) is 0 Å². The van der Waals surface area contributed by atoms with Crippen molar-refractivity contribution in [2.75, 3.05) is 25.0 Å². The van der Waals surface area contributed by atoms with Crippen molar-refractivity contribution in [2.24, 2.45) is 11.8 Å². The van der Waals surface area contributed by atoms with Gasteiger partial charge in [0.05, 0.1) is 4.88 Å². The van der Waals surface area contributed by atoms with Gasteiger partial charge in [-0.15, -0.1) is 0 Å². The van der Waals surface area contributed by atoms with Crippen LogP contribution in [0.15, 0.2) is 12.2 Å². The average molecular weight is 319 g/mol. The van der Waals surface area contributed by atoms with Gasteiger partial charge in [0.1, 0.15) is 0 Å². The summed E-state index contributed by atoms with van der Waals surface area (Å²) >= 11 is 1.64. The van der Waals surface area contributed by atoms with Crippen molar-refractivity contribution < 1.29 is 5.11 Å². The van der Waals surface area contributed by atoms with Gasteiger partial charge in [0.15, 0.2) is 5.13 Å². The first kappa shape index (κ1) is 14.5. The van der Waals surface area contributed by atoms with E-state index in [1.54, 1.807) is 11.3 Å². The van der Waals surface area contributed by atoms with Crippen LogP contribution in [0.4, 0.5) is 5.13 Å². The van der Waals surface area contributed by atoms with Crippen LogP contribution >= 0.6 is 11.3 Å². The van der Waals surface area contributed by atoms with Crippen molar-refractivity contribution in [3.8, 4) is 5.88 Å². The molecule has 4 rings (SSSR count). The van der Waals surface area contributed by atoms with E-state index in [0.29, 0.717) is 12.0 Å². The predicted molar refractivity (Wildman–Crippen MR) is 90.5 cm³/mol.